The van der Waals surface area contributed by atoms with Crippen molar-refractivity contribution in [3.05, 3.63) is 66.4 Å². The average molecular weight is 587 g/mol. The van der Waals surface area contributed by atoms with Crippen molar-refractivity contribution in [3.8, 4) is 16.4 Å². The Bertz CT molecular complexity index is 1520. The first-order valence-corrected chi connectivity index (χ1v) is 15.0. The van der Waals surface area contributed by atoms with Gasteiger partial charge in [-0.05, 0) is 60.9 Å². The minimum Gasteiger partial charge on any atom is -0.379 e. The Balaban J connectivity index is 1.19. The van der Waals surface area contributed by atoms with Crippen LogP contribution in [0.4, 0.5) is 16.8 Å². The standard InChI is InChI=1S/C29H34N10O2S/c1-2-7-27(40)38-11-6-8-22(20-38)31-25-16-21(19-37-12-14-41-15-13-37)17-26(32-25)33-29-30-18-24(42-29)28-34-36-39(35-28)23-9-4-3-5-10-23/h2-5,7,9-10,16-18,22H,6,8,11-15,19-20H2,1H3,(H2,30,31,32,33)/t22-/m0/s1. The number of rotatable bonds is 9. The molecule has 42 heavy (non-hydrogen) atoms. The lowest BCUT2D eigenvalue weighted by atomic mass is 10.1. The molecule has 0 radical (unpaired) electrons. The lowest BCUT2D eigenvalue weighted by Crippen LogP contribution is -2.44. The van der Waals surface area contributed by atoms with E-state index in [1.165, 1.54) is 16.1 Å². The number of anilines is 3. The summed E-state index contributed by atoms with van der Waals surface area (Å²) in [5, 5.41) is 20.6. The fourth-order valence-electron chi connectivity index (χ4n) is 5.11. The minimum atomic E-state index is 0.0539. The fourth-order valence-corrected chi connectivity index (χ4v) is 5.86. The molecule has 2 N–H and O–H groups in total. The van der Waals surface area contributed by atoms with Gasteiger partial charge in [-0.2, -0.15) is 0 Å². The number of tetrazole rings is 1. The molecule has 13 heteroatoms. The molecular formula is C29H34N10O2S. The number of hydrogen-bond donors (Lipinski definition) is 2. The zero-order chi connectivity index (χ0) is 28.7. The molecule has 0 unspecified atom stereocenters. The SMILES string of the molecule is CC=CC(=O)N1CCC[C@H](Nc2cc(CN3CCOCC3)cc(Nc3ncc(-c4nnn(-c5ccccc5)n4)s3)n2)C1. The van der Waals surface area contributed by atoms with Crippen LogP contribution in [0, 0.1) is 0 Å². The quantitative estimate of drug-likeness (QED) is 0.280. The van der Waals surface area contributed by atoms with Crippen molar-refractivity contribution >= 4 is 34.0 Å². The summed E-state index contributed by atoms with van der Waals surface area (Å²) >= 11 is 1.44. The van der Waals surface area contributed by atoms with Gasteiger partial charge in [0.1, 0.15) is 11.6 Å². The van der Waals surface area contributed by atoms with E-state index in [-0.39, 0.29) is 11.9 Å². The zero-order valence-electron chi connectivity index (χ0n) is 23.5. The van der Waals surface area contributed by atoms with Gasteiger partial charge in [-0.1, -0.05) is 35.6 Å². The molecule has 6 rings (SSSR count). The first kappa shape index (κ1) is 27.9. The van der Waals surface area contributed by atoms with E-state index in [4.69, 9.17) is 9.72 Å². The van der Waals surface area contributed by atoms with Crippen LogP contribution in [0.5, 0.6) is 0 Å². The molecule has 0 aliphatic carbocycles. The highest BCUT2D eigenvalue weighted by Gasteiger charge is 2.23. The number of piperidine rings is 1. The number of amides is 1. The van der Waals surface area contributed by atoms with Crippen LogP contribution in [-0.2, 0) is 16.1 Å². The highest BCUT2D eigenvalue weighted by molar-refractivity contribution is 7.18. The summed E-state index contributed by atoms with van der Waals surface area (Å²) in [5.41, 5.74) is 1.98. The van der Waals surface area contributed by atoms with Crippen molar-refractivity contribution in [2.75, 3.05) is 50.0 Å². The van der Waals surface area contributed by atoms with Crippen molar-refractivity contribution < 1.29 is 9.53 Å². The van der Waals surface area contributed by atoms with Crippen LogP contribution >= 0.6 is 11.3 Å². The molecule has 3 aromatic heterocycles. The molecule has 4 aromatic rings. The maximum absolute atomic E-state index is 12.5. The second kappa shape index (κ2) is 13.2. The molecule has 0 saturated carbocycles. The molecule has 218 valence electrons. The third kappa shape index (κ3) is 6.98. The number of aromatic nitrogens is 6. The Morgan fingerprint density at radius 1 is 1.14 bits per heavy atom. The number of thiazole rings is 1. The second-order valence-electron chi connectivity index (χ2n) is 10.3. The monoisotopic (exact) mass is 586 g/mol. The Hall–Kier alpha value is -4.20. The number of ether oxygens (including phenoxy) is 1. The maximum atomic E-state index is 12.5. The molecule has 12 nitrogen and oxygen atoms in total. The summed E-state index contributed by atoms with van der Waals surface area (Å²) in [6.07, 6.45) is 7.09. The Kier molecular flexibility index (Phi) is 8.78. The van der Waals surface area contributed by atoms with Crippen LogP contribution < -0.4 is 10.6 Å². The molecule has 2 saturated heterocycles. The Morgan fingerprint density at radius 2 is 1.98 bits per heavy atom. The van der Waals surface area contributed by atoms with Gasteiger partial charge in [-0.25, -0.2) is 9.97 Å². The van der Waals surface area contributed by atoms with Crippen LogP contribution in [0.2, 0.25) is 0 Å². The summed E-state index contributed by atoms with van der Waals surface area (Å²) in [5.74, 6) is 2.04. The maximum Gasteiger partial charge on any atom is 0.246 e. The molecule has 0 spiro atoms. The van der Waals surface area contributed by atoms with Crippen LogP contribution in [0.25, 0.3) is 16.4 Å². The highest BCUT2D eigenvalue weighted by Crippen LogP contribution is 2.29. The summed E-state index contributed by atoms with van der Waals surface area (Å²) in [4.78, 5) is 28.5. The van der Waals surface area contributed by atoms with Gasteiger partial charge in [0, 0.05) is 38.8 Å². The average Bonchev–Trinajstić information content (AvgIpc) is 3.69. The summed E-state index contributed by atoms with van der Waals surface area (Å²) in [6.45, 7) is 7.35. The van der Waals surface area contributed by atoms with Crippen molar-refractivity contribution in [1.29, 1.82) is 0 Å². The highest BCUT2D eigenvalue weighted by atomic mass is 32.1. The molecule has 1 aromatic carbocycles. The number of carbonyl (C=O) groups excluding carboxylic acids is 1. The number of morpholine rings is 1. The molecule has 5 heterocycles. The third-order valence-corrected chi connectivity index (χ3v) is 8.06. The third-order valence-electron chi connectivity index (χ3n) is 7.15. The predicted molar refractivity (Wildman–Crippen MR) is 162 cm³/mol. The van der Waals surface area contributed by atoms with Crippen molar-refractivity contribution in [2.24, 2.45) is 0 Å². The van der Waals surface area contributed by atoms with Crippen LogP contribution in [0.15, 0.2) is 60.8 Å². The smallest absolute Gasteiger partial charge is 0.246 e. The number of carbonyl (C=O) groups is 1. The Morgan fingerprint density at radius 3 is 2.81 bits per heavy atom. The Labute approximate surface area is 248 Å². The van der Waals surface area contributed by atoms with Gasteiger partial charge in [0.15, 0.2) is 5.13 Å². The number of likely N-dealkylation sites (tertiary alicyclic amines) is 1. The molecule has 0 bridgehead atoms. The lowest BCUT2D eigenvalue weighted by molar-refractivity contribution is -0.127. The summed E-state index contributed by atoms with van der Waals surface area (Å²) in [6, 6.07) is 14.0. The van der Waals surface area contributed by atoms with E-state index in [2.05, 4.69) is 48.1 Å². The zero-order valence-corrected chi connectivity index (χ0v) is 24.3. The van der Waals surface area contributed by atoms with Gasteiger partial charge in [-0.3, -0.25) is 9.69 Å². The van der Waals surface area contributed by atoms with E-state index in [0.29, 0.717) is 23.3 Å². The predicted octanol–water partition coefficient (Wildman–Crippen LogP) is 3.74. The molecule has 1 atom stereocenters. The van der Waals surface area contributed by atoms with Gasteiger partial charge in [0.25, 0.3) is 0 Å². The first-order chi connectivity index (χ1) is 20.6. The largest absolute Gasteiger partial charge is 0.379 e. The van der Waals surface area contributed by atoms with E-state index < -0.39 is 0 Å². The number of pyridine rings is 1. The number of allylic oxidation sites excluding steroid dienone is 1. The van der Waals surface area contributed by atoms with Crippen molar-refractivity contribution in [3.63, 3.8) is 0 Å². The van der Waals surface area contributed by atoms with E-state index in [9.17, 15) is 4.79 Å². The number of benzene rings is 1. The van der Waals surface area contributed by atoms with E-state index in [0.717, 1.165) is 74.2 Å². The molecular weight excluding hydrogens is 552 g/mol. The normalized spacial score (nSPS) is 17.9. The van der Waals surface area contributed by atoms with Crippen molar-refractivity contribution in [1.82, 2.24) is 40.0 Å². The fraction of sp³-hybridized carbons (Fsp3) is 0.379. The first-order valence-electron chi connectivity index (χ1n) is 14.2. The molecule has 2 fully saturated rings. The van der Waals surface area contributed by atoms with Crippen LogP contribution in [-0.4, -0.2) is 91.3 Å². The number of nitrogens with zero attached hydrogens (tertiary/aromatic N) is 8. The minimum absolute atomic E-state index is 0.0539. The van der Waals surface area contributed by atoms with E-state index in [1.807, 2.05) is 42.2 Å². The number of nitrogens with one attached hydrogen (secondary N) is 2. The van der Waals surface area contributed by atoms with E-state index >= 15 is 0 Å². The van der Waals surface area contributed by atoms with Gasteiger partial charge in [-0.15, -0.1) is 15.0 Å². The van der Waals surface area contributed by atoms with Crippen LogP contribution in [0.3, 0.4) is 0 Å². The van der Waals surface area contributed by atoms with Gasteiger partial charge in [0.05, 0.1) is 30.0 Å². The summed E-state index contributed by atoms with van der Waals surface area (Å²) < 4.78 is 5.54. The number of para-hydroxylation sites is 1. The van der Waals surface area contributed by atoms with Crippen LogP contribution in [0.1, 0.15) is 25.3 Å². The van der Waals surface area contributed by atoms with E-state index in [1.54, 1.807) is 18.3 Å². The van der Waals surface area contributed by atoms with Crippen molar-refractivity contribution in [2.45, 2.75) is 32.4 Å². The van der Waals surface area contributed by atoms with Gasteiger partial charge in [0.2, 0.25) is 11.7 Å². The molecule has 2 aliphatic heterocycles. The molecule has 2 aliphatic rings. The lowest BCUT2D eigenvalue weighted by Gasteiger charge is -2.33. The topological polar surface area (TPSA) is 126 Å². The van der Waals surface area contributed by atoms with Gasteiger partial charge < -0.3 is 20.3 Å². The second-order valence-corrected chi connectivity index (χ2v) is 11.3. The molecule has 1 amide bonds. The summed E-state index contributed by atoms with van der Waals surface area (Å²) in [7, 11) is 0. The number of hydrogen-bond acceptors (Lipinski definition) is 11. The van der Waals surface area contributed by atoms with Gasteiger partial charge >= 0.3 is 0 Å².